The zero-order valence-corrected chi connectivity index (χ0v) is 12.2. The number of nitrogens with one attached hydrogen (secondary N) is 1. The molecule has 1 aromatic rings. The molecular formula is C16H27NO. The van der Waals surface area contributed by atoms with E-state index in [2.05, 4.69) is 44.3 Å². The zero-order chi connectivity index (χ0) is 13.4. The Morgan fingerprint density at radius 3 is 2.67 bits per heavy atom. The van der Waals surface area contributed by atoms with Gasteiger partial charge in [-0.2, -0.15) is 0 Å². The lowest BCUT2D eigenvalue weighted by Crippen LogP contribution is -2.21. The van der Waals surface area contributed by atoms with Crippen LogP contribution in [-0.2, 0) is 0 Å². The van der Waals surface area contributed by atoms with Crippen molar-refractivity contribution in [3.63, 3.8) is 0 Å². The van der Waals surface area contributed by atoms with E-state index in [4.69, 9.17) is 4.74 Å². The van der Waals surface area contributed by atoms with Crippen LogP contribution in [0.25, 0.3) is 0 Å². The Morgan fingerprint density at radius 1 is 1.22 bits per heavy atom. The summed E-state index contributed by atoms with van der Waals surface area (Å²) >= 11 is 0. The van der Waals surface area contributed by atoms with E-state index in [0.717, 1.165) is 31.4 Å². The predicted octanol–water partition coefficient (Wildman–Crippen LogP) is 3.82. The summed E-state index contributed by atoms with van der Waals surface area (Å²) in [6.07, 6.45) is 1.17. The second-order valence-corrected chi connectivity index (χ2v) is 5.29. The average molecular weight is 249 g/mol. The molecule has 0 radical (unpaired) electrons. The van der Waals surface area contributed by atoms with Crippen LogP contribution in [0.4, 0.5) is 0 Å². The first-order valence-corrected chi connectivity index (χ1v) is 7.07. The fourth-order valence-corrected chi connectivity index (χ4v) is 1.95. The molecule has 0 aliphatic carbocycles. The van der Waals surface area contributed by atoms with Gasteiger partial charge >= 0.3 is 0 Å². The summed E-state index contributed by atoms with van der Waals surface area (Å²) in [6.45, 7) is 11.7. The van der Waals surface area contributed by atoms with Crippen LogP contribution in [0.5, 0.6) is 5.75 Å². The summed E-state index contributed by atoms with van der Waals surface area (Å²) in [5, 5.41) is 3.49. The van der Waals surface area contributed by atoms with Gasteiger partial charge in [0.15, 0.2) is 0 Å². The van der Waals surface area contributed by atoms with Crippen molar-refractivity contribution < 1.29 is 4.74 Å². The molecule has 1 unspecified atom stereocenters. The van der Waals surface area contributed by atoms with Gasteiger partial charge in [-0.3, -0.25) is 0 Å². The highest BCUT2D eigenvalue weighted by atomic mass is 16.5. The number of hydrogen-bond donors (Lipinski definition) is 1. The lowest BCUT2D eigenvalue weighted by atomic mass is 9.97. The largest absolute Gasteiger partial charge is 0.494 e. The van der Waals surface area contributed by atoms with E-state index in [9.17, 15) is 0 Å². The first-order valence-electron chi connectivity index (χ1n) is 7.07. The Hall–Kier alpha value is -1.02. The van der Waals surface area contributed by atoms with E-state index in [-0.39, 0.29) is 0 Å². The van der Waals surface area contributed by atoms with Crippen LogP contribution in [0, 0.1) is 5.92 Å². The molecule has 2 heteroatoms. The minimum Gasteiger partial charge on any atom is -0.494 e. The lowest BCUT2D eigenvalue weighted by molar-refractivity contribution is 0.339. The Bertz CT molecular complexity index is 336. The van der Waals surface area contributed by atoms with E-state index >= 15 is 0 Å². The topological polar surface area (TPSA) is 21.3 Å². The Balaban J connectivity index is 2.40. The standard InChI is InChI=1S/C16H27NO/c1-5-18-16-8-6-7-15(11-16)14(4)9-10-17-12-13(2)3/h6-8,11,13-14,17H,5,9-10,12H2,1-4H3. The molecule has 1 atom stereocenters. The summed E-state index contributed by atoms with van der Waals surface area (Å²) < 4.78 is 5.54. The molecule has 1 N–H and O–H groups in total. The summed E-state index contributed by atoms with van der Waals surface area (Å²) in [5.74, 6) is 2.28. The van der Waals surface area contributed by atoms with Gasteiger partial charge in [0.25, 0.3) is 0 Å². The molecule has 0 saturated carbocycles. The van der Waals surface area contributed by atoms with E-state index in [1.165, 1.54) is 12.0 Å². The van der Waals surface area contributed by atoms with Crippen LogP contribution in [-0.4, -0.2) is 19.7 Å². The molecule has 0 bridgehead atoms. The van der Waals surface area contributed by atoms with E-state index in [1.54, 1.807) is 0 Å². The summed E-state index contributed by atoms with van der Waals surface area (Å²) in [5.41, 5.74) is 1.37. The maximum atomic E-state index is 5.54. The molecule has 0 saturated heterocycles. The maximum Gasteiger partial charge on any atom is 0.119 e. The van der Waals surface area contributed by atoms with Crippen molar-refractivity contribution in [3.8, 4) is 5.75 Å². The van der Waals surface area contributed by atoms with Crippen LogP contribution in [0.15, 0.2) is 24.3 Å². The van der Waals surface area contributed by atoms with Crippen LogP contribution >= 0.6 is 0 Å². The molecule has 0 spiro atoms. The minimum atomic E-state index is 0.574. The van der Waals surface area contributed by atoms with Crippen LogP contribution in [0.2, 0.25) is 0 Å². The van der Waals surface area contributed by atoms with Crippen molar-refractivity contribution >= 4 is 0 Å². The highest BCUT2D eigenvalue weighted by Crippen LogP contribution is 2.22. The molecule has 0 heterocycles. The molecule has 1 rings (SSSR count). The van der Waals surface area contributed by atoms with Crippen LogP contribution in [0.3, 0.4) is 0 Å². The molecular weight excluding hydrogens is 222 g/mol. The first-order chi connectivity index (χ1) is 8.63. The monoisotopic (exact) mass is 249 g/mol. The maximum absolute atomic E-state index is 5.54. The fraction of sp³-hybridized carbons (Fsp3) is 0.625. The van der Waals surface area contributed by atoms with Gasteiger partial charge in [-0.15, -0.1) is 0 Å². The molecule has 0 aliphatic heterocycles. The Labute approximate surface area is 112 Å². The van der Waals surface area contributed by atoms with Crippen molar-refractivity contribution in [2.75, 3.05) is 19.7 Å². The third kappa shape index (κ3) is 5.54. The summed E-state index contributed by atoms with van der Waals surface area (Å²) in [6, 6.07) is 8.46. The van der Waals surface area contributed by atoms with Gasteiger partial charge in [0, 0.05) is 0 Å². The van der Waals surface area contributed by atoms with Gasteiger partial charge < -0.3 is 10.1 Å². The van der Waals surface area contributed by atoms with Crippen molar-refractivity contribution in [1.29, 1.82) is 0 Å². The van der Waals surface area contributed by atoms with Gasteiger partial charge in [0.2, 0.25) is 0 Å². The van der Waals surface area contributed by atoms with Gasteiger partial charge in [-0.05, 0) is 56.0 Å². The number of ether oxygens (including phenoxy) is 1. The molecule has 0 fully saturated rings. The van der Waals surface area contributed by atoms with Crippen LogP contribution < -0.4 is 10.1 Å². The highest BCUT2D eigenvalue weighted by Gasteiger charge is 2.06. The summed E-state index contributed by atoms with van der Waals surface area (Å²) in [7, 11) is 0. The van der Waals surface area contributed by atoms with Crippen molar-refractivity contribution in [2.24, 2.45) is 5.92 Å². The fourth-order valence-electron chi connectivity index (χ4n) is 1.95. The molecule has 0 aliphatic rings. The van der Waals surface area contributed by atoms with Crippen molar-refractivity contribution in [1.82, 2.24) is 5.32 Å². The van der Waals surface area contributed by atoms with Crippen LogP contribution in [0.1, 0.15) is 45.6 Å². The molecule has 102 valence electrons. The number of benzene rings is 1. The zero-order valence-electron chi connectivity index (χ0n) is 12.2. The SMILES string of the molecule is CCOc1cccc(C(C)CCNCC(C)C)c1. The molecule has 18 heavy (non-hydrogen) atoms. The van der Waals surface area contributed by atoms with E-state index in [1.807, 2.05) is 13.0 Å². The number of hydrogen-bond acceptors (Lipinski definition) is 2. The molecule has 2 nitrogen and oxygen atoms in total. The predicted molar refractivity (Wildman–Crippen MR) is 78.4 cm³/mol. The molecule has 1 aromatic carbocycles. The minimum absolute atomic E-state index is 0.574. The van der Waals surface area contributed by atoms with Gasteiger partial charge in [-0.25, -0.2) is 0 Å². The highest BCUT2D eigenvalue weighted by molar-refractivity contribution is 5.30. The molecule has 0 aromatic heterocycles. The normalized spacial score (nSPS) is 12.7. The third-order valence-electron chi connectivity index (χ3n) is 3.04. The van der Waals surface area contributed by atoms with E-state index in [0.29, 0.717) is 5.92 Å². The van der Waals surface area contributed by atoms with Gasteiger partial charge in [0.05, 0.1) is 6.61 Å². The van der Waals surface area contributed by atoms with Crippen molar-refractivity contribution in [3.05, 3.63) is 29.8 Å². The Kier molecular flexibility index (Phi) is 6.81. The Morgan fingerprint density at radius 2 is 2.00 bits per heavy atom. The molecule has 0 amide bonds. The van der Waals surface area contributed by atoms with Crippen molar-refractivity contribution in [2.45, 2.75) is 40.0 Å². The third-order valence-corrected chi connectivity index (χ3v) is 3.04. The van der Waals surface area contributed by atoms with Gasteiger partial charge in [-0.1, -0.05) is 32.9 Å². The van der Waals surface area contributed by atoms with Gasteiger partial charge in [0.1, 0.15) is 5.75 Å². The second-order valence-electron chi connectivity index (χ2n) is 5.29. The lowest BCUT2D eigenvalue weighted by Gasteiger charge is -2.14. The number of rotatable bonds is 8. The quantitative estimate of drug-likeness (QED) is 0.707. The average Bonchev–Trinajstić information content (AvgIpc) is 2.35. The smallest absolute Gasteiger partial charge is 0.119 e. The summed E-state index contributed by atoms with van der Waals surface area (Å²) in [4.78, 5) is 0. The van der Waals surface area contributed by atoms with E-state index < -0.39 is 0 Å². The second kappa shape index (κ2) is 8.15. The first kappa shape index (κ1) is 15.0.